The zero-order valence-corrected chi connectivity index (χ0v) is 13.9. The predicted molar refractivity (Wildman–Crippen MR) is 97.2 cm³/mol. The van der Waals surface area contributed by atoms with E-state index in [2.05, 4.69) is 21.0 Å². The maximum Gasteiger partial charge on any atom is 0.163 e. The number of aliphatic imine (C=N–C) groups is 2. The Kier molecular flexibility index (Phi) is 3.66. The van der Waals surface area contributed by atoms with E-state index in [-0.39, 0.29) is 6.04 Å². The average Bonchev–Trinajstić information content (AvgIpc) is 3.07. The van der Waals surface area contributed by atoms with Gasteiger partial charge in [0.15, 0.2) is 5.82 Å². The first-order chi connectivity index (χ1) is 11.7. The van der Waals surface area contributed by atoms with Gasteiger partial charge in [-0.1, -0.05) is 6.07 Å². The van der Waals surface area contributed by atoms with Gasteiger partial charge in [0.1, 0.15) is 11.9 Å². The highest BCUT2D eigenvalue weighted by Crippen LogP contribution is 2.32. The lowest BCUT2D eigenvalue weighted by Crippen LogP contribution is -2.20. The summed E-state index contributed by atoms with van der Waals surface area (Å²) in [4.78, 5) is 19.1. The van der Waals surface area contributed by atoms with E-state index >= 15 is 0 Å². The number of aromatic nitrogens is 2. The van der Waals surface area contributed by atoms with Gasteiger partial charge in [-0.15, -0.1) is 11.3 Å². The van der Waals surface area contributed by atoms with Crippen molar-refractivity contribution in [3.05, 3.63) is 75.9 Å². The first kappa shape index (κ1) is 14.7. The minimum Gasteiger partial charge on any atom is -0.385 e. The van der Waals surface area contributed by atoms with Crippen LogP contribution in [0.15, 0.2) is 64.3 Å². The van der Waals surface area contributed by atoms with E-state index in [0.29, 0.717) is 11.7 Å². The Morgan fingerprint density at radius 3 is 2.67 bits per heavy atom. The van der Waals surface area contributed by atoms with E-state index < -0.39 is 0 Å². The lowest BCUT2D eigenvalue weighted by atomic mass is 10.0. The summed E-state index contributed by atoms with van der Waals surface area (Å²) >= 11 is 1.65. The van der Waals surface area contributed by atoms with Crippen LogP contribution in [0.1, 0.15) is 27.6 Å². The van der Waals surface area contributed by atoms with Crippen LogP contribution in [0.3, 0.4) is 0 Å². The third-order valence-electron chi connectivity index (χ3n) is 3.93. The largest absolute Gasteiger partial charge is 0.385 e. The molecule has 2 N–H and O–H groups in total. The summed E-state index contributed by atoms with van der Waals surface area (Å²) in [6.07, 6.45) is 5.23. The van der Waals surface area contributed by atoms with Gasteiger partial charge < -0.3 is 5.73 Å². The van der Waals surface area contributed by atoms with Crippen molar-refractivity contribution in [2.24, 2.45) is 15.7 Å². The van der Waals surface area contributed by atoms with Crippen molar-refractivity contribution in [1.82, 2.24) is 9.97 Å². The standard InChI is InChI=1S/C18H15N5S/c1-11-4-9-21-18-14(11)16(13-3-2-10-24-13)22-15(17(19)23-18)12-5-7-20-8-6-12/h2-10,15H,1H3,(H2,19,21,23). The number of hydrogen-bond acceptors (Lipinski definition) is 6. The fraction of sp³-hybridized carbons (Fsp3) is 0.111. The third-order valence-corrected chi connectivity index (χ3v) is 4.80. The van der Waals surface area contributed by atoms with Gasteiger partial charge in [-0.2, -0.15) is 0 Å². The zero-order chi connectivity index (χ0) is 16.5. The SMILES string of the molecule is Cc1ccnc2c1C(c1cccs1)=NC(c1ccncc1)C(N)=N2. The van der Waals surface area contributed by atoms with E-state index in [1.165, 1.54) is 0 Å². The van der Waals surface area contributed by atoms with Crippen LogP contribution in [-0.2, 0) is 0 Å². The minimum atomic E-state index is -0.348. The number of hydrogen-bond donors (Lipinski definition) is 1. The van der Waals surface area contributed by atoms with Crippen LogP contribution < -0.4 is 5.73 Å². The molecule has 1 aliphatic heterocycles. The molecule has 3 aromatic rings. The molecule has 0 aromatic carbocycles. The number of amidine groups is 1. The maximum absolute atomic E-state index is 6.28. The summed E-state index contributed by atoms with van der Waals surface area (Å²) in [6, 6.07) is 9.53. The van der Waals surface area contributed by atoms with Gasteiger partial charge in [0.05, 0.1) is 10.6 Å². The zero-order valence-electron chi connectivity index (χ0n) is 13.0. The fourth-order valence-electron chi connectivity index (χ4n) is 2.76. The number of thiophene rings is 1. The van der Waals surface area contributed by atoms with Crippen molar-refractivity contribution in [3.8, 4) is 0 Å². The molecule has 0 aliphatic carbocycles. The third kappa shape index (κ3) is 2.51. The summed E-state index contributed by atoms with van der Waals surface area (Å²) in [6.45, 7) is 2.04. The van der Waals surface area contributed by atoms with Crippen LogP contribution >= 0.6 is 11.3 Å². The van der Waals surface area contributed by atoms with Gasteiger partial charge in [-0.25, -0.2) is 9.98 Å². The van der Waals surface area contributed by atoms with E-state index in [0.717, 1.165) is 27.3 Å². The summed E-state index contributed by atoms with van der Waals surface area (Å²) in [7, 11) is 0. The summed E-state index contributed by atoms with van der Waals surface area (Å²) < 4.78 is 0. The molecule has 0 saturated heterocycles. The van der Waals surface area contributed by atoms with Crippen LogP contribution in [0.2, 0.25) is 0 Å². The molecule has 24 heavy (non-hydrogen) atoms. The highest BCUT2D eigenvalue weighted by molar-refractivity contribution is 7.12. The number of pyridine rings is 2. The number of fused-ring (bicyclic) bond motifs is 1. The van der Waals surface area contributed by atoms with Crippen LogP contribution in [0, 0.1) is 6.92 Å². The van der Waals surface area contributed by atoms with E-state index in [1.807, 2.05) is 36.6 Å². The molecule has 5 nitrogen and oxygen atoms in total. The maximum atomic E-state index is 6.28. The van der Waals surface area contributed by atoms with E-state index in [9.17, 15) is 0 Å². The van der Waals surface area contributed by atoms with E-state index in [1.54, 1.807) is 29.9 Å². The second kappa shape index (κ2) is 5.98. The number of nitrogens with two attached hydrogens (primary N) is 1. The molecule has 0 fully saturated rings. The molecule has 0 amide bonds. The number of nitrogens with zero attached hydrogens (tertiary/aromatic N) is 4. The first-order valence-electron chi connectivity index (χ1n) is 7.55. The lowest BCUT2D eigenvalue weighted by Gasteiger charge is -2.12. The molecule has 3 aromatic heterocycles. The molecule has 0 saturated carbocycles. The Balaban J connectivity index is 1.98. The number of aryl methyl sites for hydroxylation is 1. The molecule has 4 rings (SSSR count). The molecular formula is C18H15N5S. The smallest absolute Gasteiger partial charge is 0.163 e. The fourth-order valence-corrected chi connectivity index (χ4v) is 3.48. The normalized spacial score (nSPS) is 16.8. The Hall–Kier alpha value is -2.86. The van der Waals surface area contributed by atoms with Gasteiger partial charge in [0.25, 0.3) is 0 Å². The average molecular weight is 333 g/mol. The molecular weight excluding hydrogens is 318 g/mol. The summed E-state index contributed by atoms with van der Waals surface area (Å²) in [5.74, 6) is 1.06. The van der Waals surface area contributed by atoms with Crippen LogP contribution in [-0.4, -0.2) is 21.5 Å². The van der Waals surface area contributed by atoms with Crippen molar-refractivity contribution in [2.45, 2.75) is 13.0 Å². The highest BCUT2D eigenvalue weighted by Gasteiger charge is 2.25. The van der Waals surface area contributed by atoms with Crippen LogP contribution in [0.5, 0.6) is 0 Å². The first-order valence-corrected chi connectivity index (χ1v) is 8.43. The van der Waals surface area contributed by atoms with Gasteiger partial charge in [0.2, 0.25) is 0 Å². The molecule has 1 unspecified atom stereocenters. The Morgan fingerprint density at radius 1 is 1.08 bits per heavy atom. The van der Waals surface area contributed by atoms with Gasteiger partial charge in [0, 0.05) is 24.2 Å². The predicted octanol–water partition coefficient (Wildman–Crippen LogP) is 3.43. The Morgan fingerprint density at radius 2 is 1.92 bits per heavy atom. The monoisotopic (exact) mass is 333 g/mol. The van der Waals surface area contributed by atoms with Gasteiger partial charge in [-0.3, -0.25) is 9.98 Å². The molecule has 1 atom stereocenters. The van der Waals surface area contributed by atoms with Crippen molar-refractivity contribution in [3.63, 3.8) is 0 Å². The molecule has 0 spiro atoms. The molecule has 0 radical (unpaired) electrons. The highest BCUT2D eigenvalue weighted by atomic mass is 32.1. The van der Waals surface area contributed by atoms with Crippen molar-refractivity contribution < 1.29 is 0 Å². The molecule has 118 valence electrons. The second-order valence-corrected chi connectivity index (χ2v) is 6.45. The Bertz CT molecular complexity index is 929. The van der Waals surface area contributed by atoms with Crippen molar-refractivity contribution in [1.29, 1.82) is 0 Å². The summed E-state index contributed by atoms with van der Waals surface area (Å²) in [5, 5.41) is 2.04. The van der Waals surface area contributed by atoms with E-state index in [4.69, 9.17) is 10.7 Å². The molecule has 1 aliphatic rings. The lowest BCUT2D eigenvalue weighted by molar-refractivity contribution is 0.947. The van der Waals surface area contributed by atoms with Crippen LogP contribution in [0.25, 0.3) is 0 Å². The second-order valence-electron chi connectivity index (χ2n) is 5.50. The van der Waals surface area contributed by atoms with Gasteiger partial charge in [-0.05, 0) is 47.7 Å². The number of rotatable bonds is 2. The van der Waals surface area contributed by atoms with Crippen molar-refractivity contribution >= 4 is 28.7 Å². The Labute approximate surface area is 143 Å². The summed E-state index contributed by atoms with van der Waals surface area (Å²) in [5.41, 5.74) is 10.2. The molecule has 6 heteroatoms. The van der Waals surface area contributed by atoms with Crippen LogP contribution in [0.4, 0.5) is 5.82 Å². The molecule has 4 heterocycles. The molecule has 0 bridgehead atoms. The quantitative estimate of drug-likeness (QED) is 0.780. The van der Waals surface area contributed by atoms with Gasteiger partial charge >= 0.3 is 0 Å². The topological polar surface area (TPSA) is 76.5 Å². The minimum absolute atomic E-state index is 0.348. The van der Waals surface area contributed by atoms with Crippen molar-refractivity contribution in [2.75, 3.05) is 0 Å².